The van der Waals surface area contributed by atoms with E-state index in [0.717, 1.165) is 46.5 Å². The van der Waals surface area contributed by atoms with Gasteiger partial charge < -0.3 is 4.74 Å². The van der Waals surface area contributed by atoms with Crippen LogP contribution in [0.4, 0.5) is 0 Å². The van der Waals surface area contributed by atoms with Crippen LogP contribution in [-0.4, -0.2) is 5.71 Å². The fraction of sp³-hybridized carbons (Fsp3) is 0.118. The molecule has 0 saturated carbocycles. The first kappa shape index (κ1) is 30.4. The van der Waals surface area contributed by atoms with E-state index in [1.807, 2.05) is 0 Å². The van der Waals surface area contributed by atoms with Gasteiger partial charge in [0.2, 0.25) is 0 Å². The molecule has 11 rings (SSSR count). The highest BCUT2D eigenvalue weighted by Gasteiger charge is 2.52. The van der Waals surface area contributed by atoms with Crippen molar-refractivity contribution in [1.29, 1.82) is 0 Å². The van der Waals surface area contributed by atoms with Crippen LogP contribution in [0, 0.1) is 11.8 Å². The molecule has 2 atom stereocenters. The minimum absolute atomic E-state index is 0.291. The first-order valence-electron chi connectivity index (χ1n) is 18.9. The van der Waals surface area contributed by atoms with E-state index < -0.39 is 5.41 Å². The highest BCUT2D eigenvalue weighted by atomic mass is 16.5. The number of ether oxygens (including phenoxy) is 1. The molecule has 2 aliphatic carbocycles. The summed E-state index contributed by atoms with van der Waals surface area (Å²) >= 11 is 0. The quantitative estimate of drug-likeness (QED) is 0.178. The number of rotatable bonds is 2. The summed E-state index contributed by atoms with van der Waals surface area (Å²) in [7, 11) is 0. The molecule has 0 saturated heterocycles. The van der Waals surface area contributed by atoms with Gasteiger partial charge in [0.15, 0.2) is 0 Å². The smallest absolute Gasteiger partial charge is 0.140 e. The van der Waals surface area contributed by atoms with Crippen LogP contribution in [-0.2, 0) is 5.41 Å². The minimum Gasteiger partial charge on any atom is -0.455 e. The summed E-state index contributed by atoms with van der Waals surface area (Å²) in [5.74, 6) is 2.64. The highest BCUT2D eigenvalue weighted by Crippen LogP contribution is 2.65. The van der Waals surface area contributed by atoms with Crippen molar-refractivity contribution < 1.29 is 4.74 Å². The lowest BCUT2D eigenvalue weighted by Crippen LogP contribution is -2.32. The third-order valence-corrected chi connectivity index (χ3v) is 12.2. The summed E-state index contributed by atoms with van der Waals surface area (Å²) in [6, 6.07) is 53.3. The van der Waals surface area contributed by atoms with Crippen LogP contribution in [0.25, 0.3) is 38.4 Å². The summed E-state index contributed by atoms with van der Waals surface area (Å²) in [6.45, 7) is 2.41. The molecule has 0 bridgehead atoms. The molecule has 53 heavy (non-hydrogen) atoms. The van der Waals surface area contributed by atoms with Crippen molar-refractivity contribution >= 4 is 33.0 Å². The van der Waals surface area contributed by atoms with Crippen LogP contribution in [0.3, 0.4) is 0 Å². The third kappa shape index (κ3) is 4.30. The molecule has 7 aromatic rings. The van der Waals surface area contributed by atoms with Crippen LogP contribution >= 0.6 is 0 Å². The van der Waals surface area contributed by atoms with Crippen LogP contribution in [0.15, 0.2) is 180 Å². The first-order valence-corrected chi connectivity index (χ1v) is 18.9. The van der Waals surface area contributed by atoms with E-state index in [0.29, 0.717) is 11.8 Å². The number of allylic oxidation sites excluding steroid dienone is 5. The Kier molecular flexibility index (Phi) is 6.67. The van der Waals surface area contributed by atoms with Crippen molar-refractivity contribution in [1.82, 2.24) is 0 Å². The number of hydrogen-bond acceptors (Lipinski definition) is 2. The Balaban J connectivity index is 1.28. The maximum atomic E-state index is 7.20. The summed E-state index contributed by atoms with van der Waals surface area (Å²) in [5.41, 5.74) is 12.7. The van der Waals surface area contributed by atoms with Gasteiger partial charge in [-0.15, -0.1) is 0 Å². The van der Waals surface area contributed by atoms with Crippen molar-refractivity contribution in [2.24, 2.45) is 16.8 Å². The normalized spacial score (nSPS) is 20.4. The number of benzene rings is 7. The van der Waals surface area contributed by atoms with Gasteiger partial charge in [0, 0.05) is 39.1 Å². The zero-order chi connectivity index (χ0) is 35.1. The molecular formula is C51H37NO. The molecule has 1 spiro atoms. The Hall–Kier alpha value is -6.25. The molecule has 252 valence electrons. The van der Waals surface area contributed by atoms with Crippen molar-refractivity contribution in [3.8, 4) is 22.6 Å². The second kappa shape index (κ2) is 11.6. The highest BCUT2D eigenvalue weighted by molar-refractivity contribution is 6.06. The Morgan fingerprint density at radius 3 is 1.98 bits per heavy atom. The molecule has 0 N–H and O–H groups in total. The van der Waals surface area contributed by atoms with E-state index >= 15 is 0 Å². The molecule has 0 fully saturated rings. The number of nitrogens with zero attached hydrogens (tertiary/aromatic N) is 1. The number of fused-ring (bicyclic) bond motifs is 14. The fourth-order valence-corrected chi connectivity index (χ4v) is 9.79. The molecule has 2 unspecified atom stereocenters. The standard InChI is InChI=1S/C51H37NO/c1-32-26-31-46(35-16-3-2-4-17-35)52-48(39-21-10-9-18-36(32)39)41-23-13-25-43-47(41)40-22-11-12-24-42(40)51(43)44-29-27-33-14-5-7-19-37(33)49(44)53-50-38-20-8-6-15-34(38)28-30-45(50)51/h2-25,27-30,32,36H,26,31H2,1H3/b48-39-,52-46?. The van der Waals surface area contributed by atoms with Crippen molar-refractivity contribution in [3.05, 3.63) is 209 Å². The fourth-order valence-electron chi connectivity index (χ4n) is 9.79. The molecule has 2 aliphatic heterocycles. The molecule has 0 aromatic heterocycles. The Labute approximate surface area is 310 Å². The van der Waals surface area contributed by atoms with Gasteiger partial charge in [-0.25, -0.2) is 0 Å². The third-order valence-electron chi connectivity index (χ3n) is 12.2. The average molecular weight is 680 g/mol. The van der Waals surface area contributed by atoms with Crippen molar-refractivity contribution in [2.75, 3.05) is 0 Å². The predicted molar refractivity (Wildman–Crippen MR) is 219 cm³/mol. The lowest BCUT2D eigenvalue weighted by Gasteiger charge is -2.40. The van der Waals surface area contributed by atoms with E-state index in [1.165, 1.54) is 60.9 Å². The van der Waals surface area contributed by atoms with Gasteiger partial charge in [0.1, 0.15) is 11.5 Å². The van der Waals surface area contributed by atoms with Crippen LogP contribution in [0.1, 0.15) is 53.1 Å². The van der Waals surface area contributed by atoms with E-state index in [4.69, 9.17) is 9.73 Å². The van der Waals surface area contributed by atoms with Crippen LogP contribution < -0.4 is 4.74 Å². The van der Waals surface area contributed by atoms with Crippen LogP contribution in [0.2, 0.25) is 0 Å². The molecule has 7 aromatic carbocycles. The monoisotopic (exact) mass is 679 g/mol. The molecule has 2 nitrogen and oxygen atoms in total. The summed E-state index contributed by atoms with van der Waals surface area (Å²) in [6.07, 6.45) is 11.1. The van der Waals surface area contributed by atoms with Gasteiger partial charge >= 0.3 is 0 Å². The van der Waals surface area contributed by atoms with E-state index in [1.54, 1.807) is 0 Å². The minimum atomic E-state index is -0.604. The van der Waals surface area contributed by atoms with E-state index in [2.05, 4.69) is 177 Å². The Bertz CT molecular complexity index is 2700. The van der Waals surface area contributed by atoms with Gasteiger partial charge in [-0.1, -0.05) is 177 Å². The summed E-state index contributed by atoms with van der Waals surface area (Å²) in [4.78, 5) is 5.74. The summed E-state index contributed by atoms with van der Waals surface area (Å²) in [5, 5.41) is 4.60. The second-order valence-electron chi connectivity index (χ2n) is 15.0. The zero-order valence-corrected chi connectivity index (χ0v) is 29.6. The van der Waals surface area contributed by atoms with Gasteiger partial charge in [-0.2, -0.15) is 0 Å². The lowest BCUT2D eigenvalue weighted by molar-refractivity contribution is 0.447. The molecule has 0 radical (unpaired) electrons. The molecule has 2 heterocycles. The van der Waals surface area contributed by atoms with Crippen LogP contribution in [0.5, 0.6) is 11.5 Å². The molecule has 2 heteroatoms. The van der Waals surface area contributed by atoms with E-state index in [-0.39, 0.29) is 0 Å². The maximum absolute atomic E-state index is 7.20. The zero-order valence-electron chi connectivity index (χ0n) is 29.6. The first-order chi connectivity index (χ1) is 26.2. The second-order valence-corrected chi connectivity index (χ2v) is 15.0. The molecular weight excluding hydrogens is 643 g/mol. The largest absolute Gasteiger partial charge is 0.455 e. The maximum Gasteiger partial charge on any atom is 0.140 e. The Morgan fingerprint density at radius 1 is 0.585 bits per heavy atom. The number of aliphatic imine (C=N–C) groups is 1. The van der Waals surface area contributed by atoms with Gasteiger partial charge in [-0.3, -0.25) is 4.99 Å². The SMILES string of the molecule is CC1CCC(c2ccccc2)=N/C(c2cccc3c2-c2ccccc2C32c3ccc4ccccc4c3Oc3c2ccc2ccccc32)=C2/C=CC=CC21. The molecule has 0 amide bonds. The number of hydrogen-bond donors (Lipinski definition) is 0. The predicted octanol–water partition coefficient (Wildman–Crippen LogP) is 12.8. The Morgan fingerprint density at radius 2 is 1.23 bits per heavy atom. The van der Waals surface area contributed by atoms with Crippen molar-refractivity contribution in [2.45, 2.75) is 25.2 Å². The van der Waals surface area contributed by atoms with Crippen molar-refractivity contribution in [3.63, 3.8) is 0 Å². The topological polar surface area (TPSA) is 21.6 Å². The molecule has 4 aliphatic rings. The van der Waals surface area contributed by atoms with E-state index in [9.17, 15) is 0 Å². The van der Waals surface area contributed by atoms with Gasteiger partial charge in [0.05, 0.1) is 11.1 Å². The average Bonchev–Trinajstić information content (AvgIpc) is 3.51. The van der Waals surface area contributed by atoms with Gasteiger partial charge in [-0.05, 0) is 62.9 Å². The summed E-state index contributed by atoms with van der Waals surface area (Å²) < 4.78 is 7.20. The lowest BCUT2D eigenvalue weighted by atomic mass is 9.65. The van der Waals surface area contributed by atoms with Gasteiger partial charge in [0.25, 0.3) is 0 Å².